The third-order valence-corrected chi connectivity index (χ3v) is 3.78. The van der Waals surface area contributed by atoms with Crippen LogP contribution in [0.15, 0.2) is 24.3 Å². The molecule has 0 amide bonds. The highest BCUT2D eigenvalue weighted by Gasteiger charge is 2.13. The molecule has 0 atom stereocenters. The molecule has 108 valence electrons. The average Bonchev–Trinajstić information content (AvgIpc) is 2.51. The molecule has 2 rings (SSSR count). The second-order valence-electron chi connectivity index (χ2n) is 5.50. The summed E-state index contributed by atoms with van der Waals surface area (Å²) in [6.45, 7) is 1.79. The zero-order chi connectivity index (χ0) is 14.0. The van der Waals surface area contributed by atoms with E-state index in [0.717, 1.165) is 36.8 Å². The summed E-state index contributed by atoms with van der Waals surface area (Å²) in [7, 11) is 1.95. The highest BCUT2D eigenvalue weighted by atomic mass is 16.5. The summed E-state index contributed by atoms with van der Waals surface area (Å²) >= 11 is 0. The van der Waals surface area contributed by atoms with Crippen LogP contribution in [0.2, 0.25) is 0 Å². The largest absolute Gasteiger partial charge is 0.493 e. The van der Waals surface area contributed by atoms with Gasteiger partial charge in [-0.2, -0.15) is 0 Å². The molecule has 1 aromatic carbocycles. The van der Waals surface area contributed by atoms with E-state index >= 15 is 0 Å². The Balaban J connectivity index is 1.83. The molecule has 2 nitrogen and oxygen atoms in total. The fourth-order valence-corrected chi connectivity index (χ4v) is 2.58. The van der Waals surface area contributed by atoms with Gasteiger partial charge >= 0.3 is 0 Å². The number of hydrogen-bond acceptors (Lipinski definition) is 2. The topological polar surface area (TPSA) is 21.3 Å². The van der Waals surface area contributed by atoms with E-state index < -0.39 is 0 Å². The van der Waals surface area contributed by atoms with E-state index in [1.54, 1.807) is 0 Å². The van der Waals surface area contributed by atoms with Crippen LogP contribution in [0.4, 0.5) is 0 Å². The van der Waals surface area contributed by atoms with Gasteiger partial charge in [-0.25, -0.2) is 0 Å². The Bertz CT molecular complexity index is 452. The van der Waals surface area contributed by atoms with E-state index in [9.17, 15) is 0 Å². The number of nitrogens with one attached hydrogen (secondary N) is 1. The minimum atomic E-state index is 0.745. The van der Waals surface area contributed by atoms with Gasteiger partial charge in [-0.15, -0.1) is 0 Å². The Morgan fingerprint density at radius 2 is 2.10 bits per heavy atom. The summed E-state index contributed by atoms with van der Waals surface area (Å²) in [6.07, 6.45) is 7.65. The Labute approximate surface area is 122 Å². The molecule has 1 aliphatic carbocycles. The molecule has 1 aromatic rings. The molecule has 0 saturated heterocycles. The van der Waals surface area contributed by atoms with E-state index in [1.165, 1.54) is 32.1 Å². The molecule has 0 heterocycles. The van der Waals surface area contributed by atoms with Gasteiger partial charge in [-0.05, 0) is 44.0 Å². The third-order valence-electron chi connectivity index (χ3n) is 3.78. The second-order valence-corrected chi connectivity index (χ2v) is 5.50. The highest BCUT2D eigenvalue weighted by molar-refractivity contribution is 5.39. The lowest BCUT2D eigenvalue weighted by Crippen LogP contribution is -2.15. The van der Waals surface area contributed by atoms with Gasteiger partial charge in [-0.3, -0.25) is 0 Å². The van der Waals surface area contributed by atoms with Gasteiger partial charge in [0, 0.05) is 18.5 Å². The molecule has 0 aromatic heterocycles. The predicted molar refractivity (Wildman–Crippen MR) is 83.9 cm³/mol. The third kappa shape index (κ3) is 5.27. The molecule has 1 saturated carbocycles. The fraction of sp³-hybridized carbons (Fsp3) is 0.556. The van der Waals surface area contributed by atoms with Gasteiger partial charge in [0.15, 0.2) is 0 Å². The molecule has 0 unspecified atom stereocenters. The van der Waals surface area contributed by atoms with Crippen molar-refractivity contribution >= 4 is 0 Å². The van der Waals surface area contributed by atoms with Gasteiger partial charge in [-0.1, -0.05) is 37.2 Å². The molecule has 20 heavy (non-hydrogen) atoms. The van der Waals surface area contributed by atoms with E-state index in [1.807, 2.05) is 25.2 Å². The zero-order valence-electron chi connectivity index (χ0n) is 12.5. The minimum absolute atomic E-state index is 0.745. The molecule has 0 bridgehead atoms. The Morgan fingerprint density at radius 1 is 1.25 bits per heavy atom. The normalized spacial score (nSPS) is 15.4. The van der Waals surface area contributed by atoms with Crippen molar-refractivity contribution in [3.8, 4) is 17.6 Å². The molecule has 2 heteroatoms. The van der Waals surface area contributed by atoms with Crippen LogP contribution in [0.1, 0.15) is 44.1 Å². The first kappa shape index (κ1) is 14.9. The minimum Gasteiger partial charge on any atom is -0.493 e. The summed E-state index contributed by atoms with van der Waals surface area (Å²) in [5.41, 5.74) is 1.04. The highest BCUT2D eigenvalue weighted by Crippen LogP contribution is 2.24. The van der Waals surface area contributed by atoms with E-state index in [4.69, 9.17) is 4.74 Å². The molecule has 0 aliphatic heterocycles. The lowest BCUT2D eigenvalue weighted by atomic mass is 9.90. The second kappa shape index (κ2) is 8.66. The summed E-state index contributed by atoms with van der Waals surface area (Å²) in [5, 5.41) is 3.09. The van der Waals surface area contributed by atoms with Crippen LogP contribution >= 0.6 is 0 Å². The van der Waals surface area contributed by atoms with E-state index in [2.05, 4.69) is 23.2 Å². The van der Waals surface area contributed by atoms with Gasteiger partial charge in [0.2, 0.25) is 0 Å². The molecule has 1 fully saturated rings. The van der Waals surface area contributed by atoms with Crippen LogP contribution in [0.25, 0.3) is 0 Å². The SMILES string of the molecule is CNCCC#Cc1cccc(OCC2CCCCC2)c1. The van der Waals surface area contributed by atoms with Crippen LogP contribution in [0.3, 0.4) is 0 Å². The van der Waals surface area contributed by atoms with Gasteiger partial charge in [0.05, 0.1) is 6.61 Å². The van der Waals surface area contributed by atoms with Crippen molar-refractivity contribution in [1.29, 1.82) is 0 Å². The Hall–Kier alpha value is -1.46. The van der Waals surface area contributed by atoms with Crippen molar-refractivity contribution in [3.63, 3.8) is 0 Å². The first-order chi connectivity index (χ1) is 9.88. The smallest absolute Gasteiger partial charge is 0.120 e. The van der Waals surface area contributed by atoms with Gasteiger partial charge < -0.3 is 10.1 Å². The fourth-order valence-electron chi connectivity index (χ4n) is 2.58. The van der Waals surface area contributed by atoms with E-state index in [-0.39, 0.29) is 0 Å². The van der Waals surface area contributed by atoms with Gasteiger partial charge in [0.25, 0.3) is 0 Å². The molecule has 0 radical (unpaired) electrons. The first-order valence-corrected chi connectivity index (χ1v) is 7.75. The lowest BCUT2D eigenvalue weighted by Gasteiger charge is -2.21. The molecule has 1 N–H and O–H groups in total. The maximum Gasteiger partial charge on any atom is 0.120 e. The predicted octanol–water partition coefficient (Wildman–Crippen LogP) is 3.61. The Kier molecular flexibility index (Phi) is 6.47. The van der Waals surface area contributed by atoms with E-state index in [0.29, 0.717) is 0 Å². The van der Waals surface area contributed by atoms with Crippen molar-refractivity contribution in [3.05, 3.63) is 29.8 Å². The van der Waals surface area contributed by atoms with Crippen molar-refractivity contribution < 1.29 is 4.74 Å². The van der Waals surface area contributed by atoms with Crippen LogP contribution < -0.4 is 10.1 Å². The molecule has 0 spiro atoms. The molecule has 1 aliphatic rings. The molecular formula is C18H25NO. The van der Waals surface area contributed by atoms with Crippen LogP contribution in [0.5, 0.6) is 5.75 Å². The zero-order valence-corrected chi connectivity index (χ0v) is 12.5. The molecular weight excluding hydrogens is 246 g/mol. The van der Waals surface area contributed by atoms with Crippen LogP contribution in [-0.4, -0.2) is 20.2 Å². The summed E-state index contributed by atoms with van der Waals surface area (Å²) < 4.78 is 5.93. The number of ether oxygens (including phenoxy) is 1. The van der Waals surface area contributed by atoms with Crippen molar-refractivity contribution in [2.75, 3.05) is 20.2 Å². The quantitative estimate of drug-likeness (QED) is 0.652. The average molecular weight is 271 g/mol. The van der Waals surface area contributed by atoms with Gasteiger partial charge in [0.1, 0.15) is 5.75 Å². The number of benzene rings is 1. The lowest BCUT2D eigenvalue weighted by molar-refractivity contribution is 0.209. The summed E-state index contributed by atoms with van der Waals surface area (Å²) in [6, 6.07) is 8.15. The summed E-state index contributed by atoms with van der Waals surface area (Å²) in [4.78, 5) is 0. The number of hydrogen-bond donors (Lipinski definition) is 1. The monoisotopic (exact) mass is 271 g/mol. The van der Waals surface area contributed by atoms with Crippen LogP contribution in [0, 0.1) is 17.8 Å². The van der Waals surface area contributed by atoms with Crippen LogP contribution in [-0.2, 0) is 0 Å². The maximum absolute atomic E-state index is 5.93. The standard InChI is InChI=1S/C18H25NO/c1-19-13-6-5-8-16-11-7-12-18(14-16)20-15-17-9-3-2-4-10-17/h7,11-12,14,17,19H,2-4,6,9-10,13,15H2,1H3. The van der Waals surface area contributed by atoms with Crippen molar-refractivity contribution in [2.45, 2.75) is 38.5 Å². The maximum atomic E-state index is 5.93. The number of rotatable bonds is 5. The Morgan fingerprint density at radius 3 is 2.90 bits per heavy atom. The summed E-state index contributed by atoms with van der Waals surface area (Å²) in [5.74, 6) is 8.05. The van der Waals surface area contributed by atoms with Crippen molar-refractivity contribution in [1.82, 2.24) is 5.32 Å². The van der Waals surface area contributed by atoms with Crippen molar-refractivity contribution in [2.24, 2.45) is 5.92 Å². The first-order valence-electron chi connectivity index (χ1n) is 7.75.